The fraction of sp³-hybridized carbons (Fsp3) is 0.438. The lowest BCUT2D eigenvalue weighted by atomic mass is 10.1. The SMILES string of the molecule is CCOc1ccc(Cc2c(C)n(C(C)C)[nH]c2=O)cc1F. The number of nitrogens with one attached hydrogen (secondary N) is 1. The lowest BCUT2D eigenvalue weighted by Crippen LogP contribution is -2.09. The molecule has 21 heavy (non-hydrogen) atoms. The number of hydrogen-bond donors (Lipinski definition) is 1. The van der Waals surface area contributed by atoms with E-state index in [1.54, 1.807) is 12.1 Å². The maximum absolute atomic E-state index is 13.9. The number of rotatable bonds is 5. The maximum atomic E-state index is 13.9. The van der Waals surface area contributed by atoms with Crippen molar-refractivity contribution in [2.45, 2.75) is 40.2 Å². The van der Waals surface area contributed by atoms with Gasteiger partial charge in [-0.3, -0.25) is 14.6 Å². The smallest absolute Gasteiger partial charge is 0.267 e. The first kappa shape index (κ1) is 15.4. The molecule has 4 nitrogen and oxygen atoms in total. The Bertz CT molecular complexity index is 686. The Morgan fingerprint density at radius 1 is 1.38 bits per heavy atom. The molecule has 0 aliphatic carbocycles. The third-order valence-corrected chi connectivity index (χ3v) is 3.49. The summed E-state index contributed by atoms with van der Waals surface area (Å²) in [5.41, 5.74) is 2.21. The molecule has 5 heteroatoms. The van der Waals surface area contributed by atoms with Gasteiger partial charge in [0, 0.05) is 23.7 Å². The highest BCUT2D eigenvalue weighted by Gasteiger charge is 2.14. The van der Waals surface area contributed by atoms with Crippen LogP contribution in [0.3, 0.4) is 0 Å². The van der Waals surface area contributed by atoms with E-state index in [4.69, 9.17) is 4.74 Å². The number of hydrogen-bond acceptors (Lipinski definition) is 2. The Labute approximate surface area is 123 Å². The lowest BCUT2D eigenvalue weighted by Gasteiger charge is -2.10. The van der Waals surface area contributed by atoms with Gasteiger partial charge in [-0.15, -0.1) is 0 Å². The van der Waals surface area contributed by atoms with Crippen LogP contribution in [0.15, 0.2) is 23.0 Å². The van der Waals surface area contributed by atoms with Crippen molar-refractivity contribution in [3.8, 4) is 5.75 Å². The summed E-state index contributed by atoms with van der Waals surface area (Å²) in [7, 11) is 0. The molecule has 1 aromatic carbocycles. The molecule has 0 radical (unpaired) electrons. The summed E-state index contributed by atoms with van der Waals surface area (Å²) in [6, 6.07) is 5.01. The Kier molecular flexibility index (Phi) is 4.50. The zero-order valence-corrected chi connectivity index (χ0v) is 12.9. The first-order valence-corrected chi connectivity index (χ1v) is 7.15. The van der Waals surface area contributed by atoms with E-state index in [1.807, 2.05) is 32.4 Å². The fourth-order valence-corrected chi connectivity index (χ4v) is 2.43. The fourth-order valence-electron chi connectivity index (χ4n) is 2.43. The minimum absolute atomic E-state index is 0.115. The van der Waals surface area contributed by atoms with Crippen LogP contribution in [0.5, 0.6) is 5.75 Å². The van der Waals surface area contributed by atoms with Crippen molar-refractivity contribution < 1.29 is 9.13 Å². The average molecular weight is 292 g/mol. The predicted octanol–water partition coefficient (Wildman–Crippen LogP) is 3.19. The van der Waals surface area contributed by atoms with Crippen LogP contribution in [0.25, 0.3) is 0 Å². The summed E-state index contributed by atoms with van der Waals surface area (Å²) in [5.74, 6) is -0.154. The minimum Gasteiger partial charge on any atom is -0.491 e. The van der Waals surface area contributed by atoms with Gasteiger partial charge in [-0.2, -0.15) is 0 Å². The molecule has 0 aliphatic rings. The van der Waals surface area contributed by atoms with Crippen molar-refractivity contribution in [2.75, 3.05) is 6.61 Å². The van der Waals surface area contributed by atoms with E-state index >= 15 is 0 Å². The molecule has 0 bridgehead atoms. The summed E-state index contributed by atoms with van der Waals surface area (Å²) >= 11 is 0. The number of aromatic nitrogens is 2. The van der Waals surface area contributed by atoms with Crippen LogP contribution >= 0.6 is 0 Å². The summed E-state index contributed by atoms with van der Waals surface area (Å²) in [6.45, 7) is 8.14. The van der Waals surface area contributed by atoms with Gasteiger partial charge in [-0.25, -0.2) is 4.39 Å². The second-order valence-electron chi connectivity index (χ2n) is 5.34. The molecule has 0 amide bonds. The van der Waals surface area contributed by atoms with Crippen molar-refractivity contribution in [3.05, 3.63) is 51.2 Å². The average Bonchev–Trinajstić information content (AvgIpc) is 2.70. The lowest BCUT2D eigenvalue weighted by molar-refractivity contribution is 0.321. The Hall–Kier alpha value is -2.04. The van der Waals surface area contributed by atoms with Gasteiger partial charge >= 0.3 is 0 Å². The summed E-state index contributed by atoms with van der Waals surface area (Å²) in [4.78, 5) is 12.0. The quantitative estimate of drug-likeness (QED) is 0.920. The van der Waals surface area contributed by atoms with Crippen molar-refractivity contribution in [1.29, 1.82) is 0 Å². The minimum atomic E-state index is -0.397. The van der Waals surface area contributed by atoms with Gasteiger partial charge in [-0.1, -0.05) is 6.07 Å². The molecule has 0 aliphatic heterocycles. The topological polar surface area (TPSA) is 47.0 Å². The predicted molar refractivity (Wildman–Crippen MR) is 80.5 cm³/mol. The monoisotopic (exact) mass is 292 g/mol. The van der Waals surface area contributed by atoms with Gasteiger partial charge in [0.15, 0.2) is 11.6 Å². The van der Waals surface area contributed by atoms with Gasteiger partial charge < -0.3 is 4.74 Å². The summed E-state index contributed by atoms with van der Waals surface area (Å²) in [6.07, 6.45) is 0.407. The molecule has 1 N–H and O–H groups in total. The number of H-pyrrole nitrogens is 1. The van der Waals surface area contributed by atoms with E-state index in [0.29, 0.717) is 18.6 Å². The molecule has 0 saturated carbocycles. The van der Waals surface area contributed by atoms with E-state index in [1.165, 1.54) is 6.07 Å². The molecule has 0 atom stereocenters. The molecule has 0 unspecified atom stereocenters. The van der Waals surface area contributed by atoms with Gasteiger partial charge in [0.05, 0.1) is 6.61 Å². The largest absolute Gasteiger partial charge is 0.491 e. The van der Waals surface area contributed by atoms with E-state index < -0.39 is 5.82 Å². The second kappa shape index (κ2) is 6.16. The number of ether oxygens (including phenoxy) is 1. The summed E-state index contributed by atoms with van der Waals surface area (Å²) in [5, 5.41) is 2.82. The first-order chi connectivity index (χ1) is 9.93. The number of aromatic amines is 1. The van der Waals surface area contributed by atoms with E-state index in [2.05, 4.69) is 5.10 Å². The van der Waals surface area contributed by atoms with E-state index in [0.717, 1.165) is 11.3 Å². The molecule has 0 saturated heterocycles. The van der Waals surface area contributed by atoms with Crippen LogP contribution in [0.2, 0.25) is 0 Å². The highest BCUT2D eigenvalue weighted by Crippen LogP contribution is 2.20. The van der Waals surface area contributed by atoms with E-state index in [-0.39, 0.29) is 17.4 Å². The molecular weight excluding hydrogens is 271 g/mol. The highest BCUT2D eigenvalue weighted by molar-refractivity contribution is 5.33. The molecular formula is C16H21FN2O2. The molecule has 1 aromatic heterocycles. The molecule has 2 rings (SSSR count). The Balaban J connectivity index is 2.31. The van der Waals surface area contributed by atoms with Crippen LogP contribution in [-0.2, 0) is 6.42 Å². The van der Waals surface area contributed by atoms with Crippen molar-refractivity contribution in [1.82, 2.24) is 9.78 Å². The second-order valence-corrected chi connectivity index (χ2v) is 5.34. The van der Waals surface area contributed by atoms with Crippen LogP contribution in [0.4, 0.5) is 4.39 Å². The zero-order chi connectivity index (χ0) is 15.6. The van der Waals surface area contributed by atoms with E-state index in [9.17, 15) is 9.18 Å². The third kappa shape index (κ3) is 3.17. The first-order valence-electron chi connectivity index (χ1n) is 7.15. The number of nitrogens with zero attached hydrogens (tertiary/aromatic N) is 1. The van der Waals surface area contributed by atoms with Crippen molar-refractivity contribution in [2.24, 2.45) is 0 Å². The normalized spacial score (nSPS) is 11.1. The Morgan fingerprint density at radius 3 is 2.62 bits per heavy atom. The van der Waals surface area contributed by atoms with Crippen LogP contribution in [0, 0.1) is 12.7 Å². The van der Waals surface area contributed by atoms with Crippen LogP contribution in [0.1, 0.15) is 43.6 Å². The summed E-state index contributed by atoms with van der Waals surface area (Å²) < 4.78 is 20.9. The standard InChI is InChI=1S/C16H21FN2O2/c1-5-21-15-7-6-12(9-14(15)17)8-13-11(4)19(10(2)3)18-16(13)20/h6-7,9-10H,5,8H2,1-4H3,(H,18,20). The molecule has 2 aromatic rings. The van der Waals surface area contributed by atoms with Crippen molar-refractivity contribution >= 4 is 0 Å². The van der Waals surface area contributed by atoms with Crippen molar-refractivity contribution in [3.63, 3.8) is 0 Å². The molecule has 0 spiro atoms. The number of benzene rings is 1. The molecule has 114 valence electrons. The van der Waals surface area contributed by atoms with Gasteiger partial charge in [-0.05, 0) is 45.4 Å². The maximum Gasteiger partial charge on any atom is 0.267 e. The highest BCUT2D eigenvalue weighted by atomic mass is 19.1. The van der Waals surface area contributed by atoms with Gasteiger partial charge in [0.1, 0.15) is 0 Å². The van der Waals surface area contributed by atoms with Crippen LogP contribution in [-0.4, -0.2) is 16.4 Å². The zero-order valence-electron chi connectivity index (χ0n) is 12.9. The molecule has 0 fully saturated rings. The Morgan fingerprint density at radius 2 is 2.10 bits per heavy atom. The molecule has 1 heterocycles. The van der Waals surface area contributed by atoms with Gasteiger partial charge in [0.2, 0.25) is 0 Å². The number of halogens is 1. The van der Waals surface area contributed by atoms with Gasteiger partial charge in [0.25, 0.3) is 5.56 Å². The third-order valence-electron chi connectivity index (χ3n) is 3.49. The van der Waals surface area contributed by atoms with Crippen LogP contribution < -0.4 is 10.3 Å².